The molecule has 5 N–H and O–H groups in total. The van der Waals surface area contributed by atoms with Gasteiger partial charge in [-0.2, -0.15) is 5.43 Å². The molecule has 0 aliphatic rings. The topological polar surface area (TPSA) is 111 Å². The fraction of sp³-hybridized carbons (Fsp3) is 0.531. The average Bonchev–Trinajstić information content (AvgIpc) is 2.95. The summed E-state index contributed by atoms with van der Waals surface area (Å²) in [6.07, 6.45) is 9.86. The molecule has 0 saturated carbocycles. The summed E-state index contributed by atoms with van der Waals surface area (Å²) in [4.78, 5) is 9.36. The second-order valence-corrected chi connectivity index (χ2v) is 10.6. The summed E-state index contributed by atoms with van der Waals surface area (Å²) in [5.41, 5.74) is 4.03. The first-order valence-corrected chi connectivity index (χ1v) is 14.6. The number of rotatable bonds is 16. The highest BCUT2D eigenvalue weighted by Crippen LogP contribution is 2.28. The number of benzene rings is 2. The zero-order valence-corrected chi connectivity index (χ0v) is 25.8. The Morgan fingerprint density at radius 2 is 1.73 bits per heavy atom. The number of carboxylic acids is 1. The Hall–Kier alpha value is -3.14. The molecule has 41 heavy (non-hydrogen) atoms. The van der Waals surface area contributed by atoms with Gasteiger partial charge in [-0.05, 0) is 80.8 Å². The third kappa shape index (κ3) is 12.9. The second-order valence-electron chi connectivity index (χ2n) is 10.6. The fourth-order valence-electron chi connectivity index (χ4n) is 4.34. The Kier molecular flexibility index (Phi) is 16.0. The molecule has 0 radical (unpaired) electrons. The van der Waals surface area contributed by atoms with Crippen molar-refractivity contribution in [3.8, 4) is 5.75 Å². The van der Waals surface area contributed by atoms with E-state index in [1.54, 1.807) is 19.1 Å². The van der Waals surface area contributed by atoms with Crippen LogP contribution in [0.4, 0.5) is 10.1 Å². The van der Waals surface area contributed by atoms with Gasteiger partial charge < -0.3 is 15.2 Å². The van der Waals surface area contributed by atoms with E-state index in [1.807, 2.05) is 26.0 Å². The number of carboxylic acid groups (broad SMARTS) is 1. The second kappa shape index (κ2) is 18.3. The lowest BCUT2D eigenvalue weighted by Crippen LogP contribution is -2.51. The van der Waals surface area contributed by atoms with Crippen LogP contribution in [0.5, 0.6) is 5.75 Å². The van der Waals surface area contributed by atoms with E-state index in [-0.39, 0.29) is 34.7 Å². The molecule has 2 rings (SSSR count). The van der Waals surface area contributed by atoms with Crippen LogP contribution in [0.1, 0.15) is 96.0 Å². The molecule has 2 aromatic rings. The Labute approximate surface area is 245 Å². The molecule has 8 nitrogen and oxygen atoms in total. The summed E-state index contributed by atoms with van der Waals surface area (Å²) in [5, 5.41) is 32.5. The van der Waals surface area contributed by atoms with Crippen LogP contribution < -0.4 is 15.5 Å². The zero-order valence-electron chi connectivity index (χ0n) is 25.8. The highest BCUT2D eigenvalue weighted by Gasteiger charge is 2.32. The van der Waals surface area contributed by atoms with Crippen molar-refractivity contribution in [3.63, 3.8) is 0 Å². The molecule has 3 unspecified atom stereocenters. The molecule has 3 atom stereocenters. The smallest absolute Gasteiger partial charge is 0.335 e. The van der Waals surface area contributed by atoms with Crippen molar-refractivity contribution in [1.82, 2.24) is 5.32 Å². The highest BCUT2D eigenvalue weighted by atomic mass is 19.1. The highest BCUT2D eigenvalue weighted by molar-refractivity contribution is 5.89. The van der Waals surface area contributed by atoms with Crippen molar-refractivity contribution in [2.24, 2.45) is 11.8 Å². The van der Waals surface area contributed by atoms with Crippen LogP contribution in [0.15, 0.2) is 54.4 Å². The van der Waals surface area contributed by atoms with Gasteiger partial charge in [0.2, 0.25) is 0 Å². The molecular formula is C32H51FN3O5+. The first kappa shape index (κ1) is 35.9. The van der Waals surface area contributed by atoms with Crippen LogP contribution in [0.2, 0.25) is 0 Å². The van der Waals surface area contributed by atoms with Gasteiger partial charge in [-0.25, -0.2) is 9.18 Å². The number of unbranched alkanes of at least 4 members (excludes halogenated alkanes) is 1. The molecule has 0 saturated heterocycles. The number of hydrogen-bond donors (Lipinski definition) is 5. The largest absolute Gasteiger partial charge is 0.494 e. The lowest BCUT2D eigenvalue weighted by atomic mass is 9.86. The van der Waals surface area contributed by atoms with Crippen LogP contribution in [-0.4, -0.2) is 39.6 Å². The van der Waals surface area contributed by atoms with Gasteiger partial charge in [0.05, 0.1) is 17.6 Å². The van der Waals surface area contributed by atoms with Gasteiger partial charge in [0.1, 0.15) is 17.3 Å². The molecule has 0 aromatic heterocycles. The maximum Gasteiger partial charge on any atom is 0.335 e. The molecular weight excluding hydrogens is 525 g/mol. The normalized spacial score (nSPS) is 13.9. The molecule has 2 aromatic carbocycles. The number of anilines is 1. The first-order valence-electron chi connectivity index (χ1n) is 14.6. The number of nitrogens with one attached hydrogen (secondary N) is 2. The quantitative estimate of drug-likeness (QED) is 0.101. The molecule has 0 aliphatic carbocycles. The van der Waals surface area contributed by atoms with Crippen molar-refractivity contribution in [3.05, 3.63) is 71.3 Å². The van der Waals surface area contributed by atoms with Gasteiger partial charge in [-0.1, -0.05) is 65.5 Å². The summed E-state index contributed by atoms with van der Waals surface area (Å²) < 4.78 is 18.0. The number of halogens is 1. The van der Waals surface area contributed by atoms with E-state index in [1.165, 1.54) is 69.1 Å². The van der Waals surface area contributed by atoms with Gasteiger partial charge in [0, 0.05) is 12.1 Å². The summed E-state index contributed by atoms with van der Waals surface area (Å²) in [7, 11) is 1.36. The lowest BCUT2D eigenvalue weighted by Gasteiger charge is -2.26. The number of ether oxygens (including phenoxy) is 1. The van der Waals surface area contributed by atoms with E-state index in [9.17, 15) is 19.6 Å². The third-order valence-electron chi connectivity index (χ3n) is 7.18. The maximum atomic E-state index is 12.9. The summed E-state index contributed by atoms with van der Waals surface area (Å²) in [6, 6.07) is 11.1. The summed E-state index contributed by atoms with van der Waals surface area (Å²) in [5.74, 6) is 0.623. The number of aromatic carboxylic acids is 1. The molecule has 0 heterocycles. The van der Waals surface area contributed by atoms with Gasteiger partial charge >= 0.3 is 5.97 Å². The Morgan fingerprint density at radius 3 is 2.24 bits per heavy atom. The number of methoxy groups -OCH3 is 1. The molecule has 9 heteroatoms. The molecule has 0 fully saturated rings. The molecule has 0 bridgehead atoms. The van der Waals surface area contributed by atoms with Crippen molar-refractivity contribution < 1.29 is 34.4 Å². The summed E-state index contributed by atoms with van der Waals surface area (Å²) >= 11 is 0. The van der Waals surface area contributed by atoms with E-state index in [4.69, 9.17) is 9.84 Å². The monoisotopic (exact) mass is 576 g/mol. The number of allylic oxidation sites excluding steroid dienone is 1. The van der Waals surface area contributed by atoms with E-state index in [0.29, 0.717) is 0 Å². The van der Waals surface area contributed by atoms with Crippen molar-refractivity contribution in [2.75, 3.05) is 12.5 Å². The van der Waals surface area contributed by atoms with E-state index < -0.39 is 10.9 Å². The minimum atomic E-state index is -1.62. The number of nitrogens with zero attached hydrogens (tertiary/aromatic N) is 1. The Bertz CT molecular complexity index is 1080. The van der Waals surface area contributed by atoms with Crippen molar-refractivity contribution >= 4 is 11.7 Å². The van der Waals surface area contributed by atoms with Gasteiger partial charge in [0.15, 0.2) is 0 Å². The van der Waals surface area contributed by atoms with Gasteiger partial charge in [0.25, 0.3) is 5.82 Å². The third-order valence-corrected chi connectivity index (χ3v) is 7.18. The summed E-state index contributed by atoms with van der Waals surface area (Å²) in [6.45, 7) is 12.4. The standard InChI is InChI=1S/C17H27F.C15H23N3O5/c1-4-6-7-16(12-14(3)5-2)13-15-8-10-17(18)11-9-15;1-5-10(3)16-14(6-2)18(21,22)17-12-8-7-11(15(19)20)9-13(12)23-4/h8-11,14,16H,4-7,12-13H2,1-3H3;6-10,16-17,21-22H,5H2,1-4H3/p+1/b;14-6+. The molecule has 0 spiro atoms. The van der Waals surface area contributed by atoms with Crippen LogP contribution >= 0.6 is 0 Å². The number of carbonyl (C=O) groups is 1. The molecule has 0 amide bonds. The molecule has 230 valence electrons. The van der Waals surface area contributed by atoms with Gasteiger partial charge in [-0.3, -0.25) is 0 Å². The predicted octanol–water partition coefficient (Wildman–Crippen LogP) is 8.18. The zero-order chi connectivity index (χ0) is 31.0. The number of hydroxylamine groups is 2. The van der Waals surface area contributed by atoms with Crippen LogP contribution in [0.25, 0.3) is 0 Å². The van der Waals surface area contributed by atoms with Crippen LogP contribution in [0.3, 0.4) is 0 Å². The van der Waals surface area contributed by atoms with E-state index >= 15 is 0 Å². The minimum Gasteiger partial charge on any atom is -0.494 e. The molecule has 0 aliphatic heterocycles. The van der Waals surface area contributed by atoms with Crippen LogP contribution in [-0.2, 0) is 6.42 Å². The minimum absolute atomic E-state index is 0.0327. The van der Waals surface area contributed by atoms with Gasteiger partial charge in [-0.15, -0.1) is 10.4 Å². The SMILES string of the molecule is C/C=C(\NC(C)CC)[N+](O)(O)Nc1ccc(C(=O)O)cc1OC.CCCCC(Cc1ccc(F)cc1)CC(C)CC. The van der Waals surface area contributed by atoms with E-state index in [0.717, 1.165) is 24.7 Å². The Balaban J connectivity index is 0.000000422. The predicted molar refractivity (Wildman–Crippen MR) is 161 cm³/mol. The first-order chi connectivity index (χ1) is 19.4. The average molecular weight is 577 g/mol. The maximum absolute atomic E-state index is 12.9. The van der Waals surface area contributed by atoms with Crippen molar-refractivity contribution in [2.45, 2.75) is 92.5 Å². The van der Waals surface area contributed by atoms with E-state index in [2.05, 4.69) is 31.5 Å². The lowest BCUT2D eigenvalue weighted by molar-refractivity contribution is -1.21. The number of hydrogen-bond acceptors (Lipinski definition) is 6. The number of quaternary nitrogens is 1. The van der Waals surface area contributed by atoms with Crippen LogP contribution in [0, 0.1) is 17.7 Å². The Morgan fingerprint density at radius 1 is 1.07 bits per heavy atom. The van der Waals surface area contributed by atoms with Crippen molar-refractivity contribution in [1.29, 1.82) is 0 Å². The fourth-order valence-corrected chi connectivity index (χ4v) is 4.34.